The zero-order chi connectivity index (χ0) is 23.9. The lowest BCUT2D eigenvalue weighted by Crippen LogP contribution is -2.38. The van der Waals surface area contributed by atoms with E-state index in [9.17, 15) is 14.9 Å². The molecule has 1 saturated heterocycles. The number of nitrogens with zero attached hydrogens (tertiary/aromatic N) is 3. The fraction of sp³-hybridized carbons (Fsp3) is 0.185. The maximum atomic E-state index is 13.6. The number of non-ortho nitro benzene ring substituents is 1. The molecule has 0 atom stereocenters. The number of nitro groups is 1. The highest BCUT2D eigenvalue weighted by atomic mass is 32.1. The van der Waals surface area contributed by atoms with Gasteiger partial charge in [-0.1, -0.05) is 36.4 Å². The number of benzene rings is 2. The first-order chi connectivity index (χ1) is 17.1. The average molecular weight is 483 g/mol. The van der Waals surface area contributed by atoms with Gasteiger partial charge in [0.1, 0.15) is 11.4 Å². The van der Waals surface area contributed by atoms with E-state index in [0.29, 0.717) is 18.8 Å². The third kappa shape index (κ3) is 3.85. The van der Waals surface area contributed by atoms with Crippen molar-refractivity contribution in [3.63, 3.8) is 0 Å². The molecule has 0 unspecified atom stereocenters. The van der Waals surface area contributed by atoms with Crippen molar-refractivity contribution in [2.75, 3.05) is 13.1 Å². The number of carbonyl (C=O) groups is 1. The largest absolute Gasteiger partial charge is 0.353 e. The summed E-state index contributed by atoms with van der Waals surface area (Å²) in [5.74, 6) is 0.225. The molecular weight excluding hydrogens is 460 g/mol. The van der Waals surface area contributed by atoms with E-state index < -0.39 is 0 Å². The minimum atomic E-state index is -0.382. The summed E-state index contributed by atoms with van der Waals surface area (Å²) in [6.45, 7) is 1.25. The van der Waals surface area contributed by atoms with Crippen LogP contribution < -0.4 is 0 Å². The molecule has 2 aromatic carbocycles. The molecule has 0 aliphatic carbocycles. The Morgan fingerprint density at radius 2 is 1.80 bits per heavy atom. The standard InChI is InChI=1S/C27H22N4O3S/c32-27(30-13-11-18(12-14-30)17-7-9-19(10-8-17)31(33)34)23-16-21-20-4-1-2-5-22(20)28-25(21)26(29-23)24-6-3-15-35-24/h1-10,15-16,18,28H,11-14H2. The normalized spacial score (nSPS) is 14.6. The molecule has 0 radical (unpaired) electrons. The lowest BCUT2D eigenvalue weighted by molar-refractivity contribution is -0.384. The monoisotopic (exact) mass is 482 g/mol. The van der Waals surface area contributed by atoms with E-state index in [1.165, 1.54) is 0 Å². The van der Waals surface area contributed by atoms with E-state index >= 15 is 0 Å². The van der Waals surface area contributed by atoms with Crippen molar-refractivity contribution in [3.05, 3.63) is 93.5 Å². The number of nitro benzene ring substituents is 1. The SMILES string of the molecule is O=C(c1cc2c([nH]c3ccccc32)c(-c2cccs2)n1)N1CCC(c2ccc([N+](=O)[O-])cc2)CC1. The predicted molar refractivity (Wildman–Crippen MR) is 138 cm³/mol. The van der Waals surface area contributed by atoms with Crippen molar-refractivity contribution in [2.24, 2.45) is 0 Å². The van der Waals surface area contributed by atoms with Crippen LogP contribution in [0.5, 0.6) is 0 Å². The summed E-state index contributed by atoms with van der Waals surface area (Å²) in [5, 5.41) is 15.0. The Morgan fingerprint density at radius 3 is 2.51 bits per heavy atom. The van der Waals surface area contributed by atoms with Crippen LogP contribution >= 0.6 is 11.3 Å². The summed E-state index contributed by atoms with van der Waals surface area (Å²) in [7, 11) is 0. The van der Waals surface area contributed by atoms with Gasteiger partial charge in [0.25, 0.3) is 11.6 Å². The van der Waals surface area contributed by atoms with Crippen molar-refractivity contribution < 1.29 is 9.72 Å². The van der Waals surface area contributed by atoms with Crippen LogP contribution in [0.1, 0.15) is 34.8 Å². The van der Waals surface area contributed by atoms with Gasteiger partial charge in [0.05, 0.1) is 15.3 Å². The van der Waals surface area contributed by atoms with Crippen molar-refractivity contribution in [1.29, 1.82) is 0 Å². The number of pyridine rings is 1. The lowest BCUT2D eigenvalue weighted by atomic mass is 9.89. The molecule has 7 nitrogen and oxygen atoms in total. The average Bonchev–Trinajstić information content (AvgIpc) is 3.56. The third-order valence-corrected chi connectivity index (χ3v) is 7.70. The fourth-order valence-corrected chi connectivity index (χ4v) is 5.71. The van der Waals surface area contributed by atoms with Gasteiger partial charge in [-0.05, 0) is 47.9 Å². The molecule has 3 aromatic heterocycles. The number of carbonyl (C=O) groups excluding carboxylic acids is 1. The second-order valence-electron chi connectivity index (χ2n) is 8.84. The summed E-state index contributed by atoms with van der Waals surface area (Å²) >= 11 is 1.61. The van der Waals surface area contributed by atoms with E-state index in [4.69, 9.17) is 4.98 Å². The maximum Gasteiger partial charge on any atom is 0.272 e. The molecule has 1 aliphatic heterocycles. The fourth-order valence-electron chi connectivity index (χ4n) is 4.99. The maximum absolute atomic E-state index is 13.6. The molecular formula is C27H22N4O3S. The van der Waals surface area contributed by atoms with Crippen LogP contribution in [0.4, 0.5) is 5.69 Å². The summed E-state index contributed by atoms with van der Waals surface area (Å²) < 4.78 is 0. The van der Waals surface area contributed by atoms with E-state index in [2.05, 4.69) is 11.1 Å². The Kier molecular flexibility index (Phi) is 5.30. The van der Waals surface area contributed by atoms with Gasteiger partial charge in [0, 0.05) is 41.5 Å². The number of likely N-dealkylation sites (tertiary alicyclic amines) is 1. The highest BCUT2D eigenvalue weighted by Gasteiger charge is 2.27. The first kappa shape index (κ1) is 21.5. The van der Waals surface area contributed by atoms with Gasteiger partial charge in [0.15, 0.2) is 0 Å². The molecule has 1 amide bonds. The first-order valence-electron chi connectivity index (χ1n) is 11.6. The van der Waals surface area contributed by atoms with Crippen LogP contribution in [-0.4, -0.2) is 38.8 Å². The number of aromatic amines is 1. The summed E-state index contributed by atoms with van der Waals surface area (Å²) in [5.41, 5.74) is 4.41. The number of para-hydroxylation sites is 1. The molecule has 35 heavy (non-hydrogen) atoms. The van der Waals surface area contributed by atoms with Crippen LogP contribution in [0.15, 0.2) is 72.1 Å². The van der Waals surface area contributed by atoms with E-state index in [-0.39, 0.29) is 22.4 Å². The number of aromatic nitrogens is 2. The van der Waals surface area contributed by atoms with Gasteiger partial charge in [-0.2, -0.15) is 0 Å². The predicted octanol–water partition coefficient (Wildman–Crippen LogP) is 6.37. The van der Waals surface area contributed by atoms with Crippen LogP contribution in [0.25, 0.3) is 32.4 Å². The molecule has 1 aliphatic rings. The Labute approximate surface area is 205 Å². The second-order valence-corrected chi connectivity index (χ2v) is 9.79. The molecule has 174 valence electrons. The molecule has 6 rings (SSSR count). The molecule has 0 spiro atoms. The number of amides is 1. The topological polar surface area (TPSA) is 92.1 Å². The lowest BCUT2D eigenvalue weighted by Gasteiger charge is -2.32. The summed E-state index contributed by atoms with van der Waals surface area (Å²) in [4.78, 5) is 35.4. The molecule has 1 N–H and O–H groups in total. The Bertz CT molecular complexity index is 1550. The van der Waals surface area contributed by atoms with Gasteiger partial charge in [-0.15, -0.1) is 11.3 Å². The molecule has 4 heterocycles. The molecule has 0 saturated carbocycles. The summed E-state index contributed by atoms with van der Waals surface area (Å²) in [6.07, 6.45) is 1.63. The van der Waals surface area contributed by atoms with Crippen LogP contribution in [0.3, 0.4) is 0 Å². The zero-order valence-electron chi connectivity index (χ0n) is 18.8. The Balaban J connectivity index is 1.29. The summed E-state index contributed by atoms with van der Waals surface area (Å²) in [6, 6.07) is 20.8. The van der Waals surface area contributed by atoms with E-state index in [1.807, 2.05) is 58.8 Å². The third-order valence-electron chi connectivity index (χ3n) is 6.83. The highest BCUT2D eigenvalue weighted by Crippen LogP contribution is 2.35. The van der Waals surface area contributed by atoms with Crippen molar-refractivity contribution >= 4 is 44.7 Å². The highest BCUT2D eigenvalue weighted by molar-refractivity contribution is 7.13. The van der Waals surface area contributed by atoms with Crippen molar-refractivity contribution in [1.82, 2.24) is 14.9 Å². The number of hydrogen-bond acceptors (Lipinski definition) is 5. The van der Waals surface area contributed by atoms with Gasteiger partial charge < -0.3 is 9.88 Å². The molecule has 0 bridgehead atoms. The number of hydrogen-bond donors (Lipinski definition) is 1. The smallest absolute Gasteiger partial charge is 0.272 e. The van der Waals surface area contributed by atoms with Gasteiger partial charge in [0.2, 0.25) is 0 Å². The molecule has 8 heteroatoms. The molecule has 5 aromatic rings. The number of rotatable bonds is 4. The minimum Gasteiger partial charge on any atom is -0.353 e. The quantitative estimate of drug-likeness (QED) is 0.238. The number of H-pyrrole nitrogens is 1. The second kappa shape index (κ2) is 8.63. The van der Waals surface area contributed by atoms with Crippen LogP contribution in [0, 0.1) is 10.1 Å². The first-order valence-corrected chi connectivity index (χ1v) is 12.5. The Hall–Kier alpha value is -4.04. The van der Waals surface area contributed by atoms with Crippen molar-refractivity contribution in [2.45, 2.75) is 18.8 Å². The number of thiophene rings is 1. The van der Waals surface area contributed by atoms with Gasteiger partial charge in [-0.3, -0.25) is 14.9 Å². The number of piperidine rings is 1. The Morgan fingerprint density at radius 1 is 1.03 bits per heavy atom. The van der Waals surface area contributed by atoms with Crippen molar-refractivity contribution in [3.8, 4) is 10.6 Å². The van der Waals surface area contributed by atoms with Gasteiger partial charge in [-0.25, -0.2) is 4.98 Å². The van der Waals surface area contributed by atoms with Crippen LogP contribution in [-0.2, 0) is 0 Å². The van der Waals surface area contributed by atoms with Gasteiger partial charge >= 0.3 is 0 Å². The minimum absolute atomic E-state index is 0.0582. The molecule has 1 fully saturated rings. The number of nitrogens with one attached hydrogen (secondary N) is 1. The van der Waals surface area contributed by atoms with E-state index in [0.717, 1.165) is 50.8 Å². The number of fused-ring (bicyclic) bond motifs is 3. The zero-order valence-corrected chi connectivity index (χ0v) is 19.6. The van der Waals surface area contributed by atoms with E-state index in [1.54, 1.807) is 23.5 Å². The van der Waals surface area contributed by atoms with Crippen LogP contribution in [0.2, 0.25) is 0 Å².